The summed E-state index contributed by atoms with van der Waals surface area (Å²) >= 11 is 1.74. The first-order valence-corrected chi connectivity index (χ1v) is 11.8. The van der Waals surface area contributed by atoms with Crippen LogP contribution in [-0.2, 0) is 17.1 Å². The molecule has 4 rings (SSSR count). The summed E-state index contributed by atoms with van der Waals surface area (Å²) in [6, 6.07) is 12.7. The first kappa shape index (κ1) is 20.9. The number of rotatable bonds is 9. The lowest BCUT2D eigenvalue weighted by Gasteiger charge is -2.14. The van der Waals surface area contributed by atoms with Crippen molar-refractivity contribution in [1.82, 2.24) is 19.8 Å². The molecule has 1 N–H and O–H groups in total. The van der Waals surface area contributed by atoms with Crippen molar-refractivity contribution >= 4 is 28.6 Å². The van der Waals surface area contributed by atoms with Gasteiger partial charge in [-0.3, -0.25) is 4.79 Å². The Kier molecular flexibility index (Phi) is 7.07. The molecule has 3 heterocycles. The molecule has 0 spiro atoms. The van der Waals surface area contributed by atoms with Crippen LogP contribution in [0.1, 0.15) is 30.4 Å². The number of amides is 1. The van der Waals surface area contributed by atoms with Crippen molar-refractivity contribution in [3.8, 4) is 0 Å². The van der Waals surface area contributed by atoms with E-state index in [2.05, 4.69) is 52.5 Å². The number of nitrogens with zero attached hydrogens (tertiary/aromatic N) is 3. The van der Waals surface area contributed by atoms with Crippen molar-refractivity contribution in [2.24, 2.45) is 0 Å². The second kappa shape index (κ2) is 10.1. The number of benzene rings is 1. The van der Waals surface area contributed by atoms with Gasteiger partial charge >= 0.3 is 0 Å². The number of carbonyl (C=O) groups excluding carboxylic acids is 1. The molecule has 0 bridgehead atoms. The third-order valence-electron chi connectivity index (χ3n) is 5.64. The van der Waals surface area contributed by atoms with Crippen LogP contribution >= 0.6 is 11.8 Å². The molecule has 2 aromatic heterocycles. The van der Waals surface area contributed by atoms with Gasteiger partial charge in [-0.05, 0) is 63.5 Å². The number of nitrogens with one attached hydrogen (secondary N) is 1. The van der Waals surface area contributed by atoms with E-state index in [9.17, 15) is 4.79 Å². The van der Waals surface area contributed by atoms with Gasteiger partial charge in [0.25, 0.3) is 0 Å². The molecular weight excluding hydrogens is 392 g/mol. The highest BCUT2D eigenvalue weighted by molar-refractivity contribution is 7.98. The lowest BCUT2D eigenvalue weighted by Crippen LogP contribution is -2.30. The third-order valence-corrected chi connectivity index (χ3v) is 6.72. The Morgan fingerprint density at radius 3 is 2.73 bits per heavy atom. The molecule has 0 radical (unpaired) electrons. The van der Waals surface area contributed by atoms with Gasteiger partial charge < -0.3 is 14.8 Å². The Labute approximate surface area is 182 Å². The van der Waals surface area contributed by atoms with Crippen LogP contribution in [0.2, 0.25) is 0 Å². The average molecular weight is 423 g/mol. The maximum Gasteiger partial charge on any atom is 0.239 e. The number of hydrogen-bond acceptors (Lipinski definition) is 4. The molecule has 0 aliphatic carbocycles. The molecule has 1 fully saturated rings. The van der Waals surface area contributed by atoms with Gasteiger partial charge in [0, 0.05) is 30.1 Å². The molecule has 1 aliphatic heterocycles. The zero-order valence-corrected chi connectivity index (χ0v) is 18.5. The fourth-order valence-electron chi connectivity index (χ4n) is 3.93. The first-order valence-electron chi connectivity index (χ1n) is 10.8. The summed E-state index contributed by atoms with van der Waals surface area (Å²) in [4.78, 5) is 19.5. The number of pyridine rings is 1. The van der Waals surface area contributed by atoms with Crippen LogP contribution < -0.4 is 5.32 Å². The minimum absolute atomic E-state index is 0.0691. The summed E-state index contributed by atoms with van der Waals surface area (Å²) in [7, 11) is 0. The predicted molar refractivity (Wildman–Crippen MR) is 124 cm³/mol. The maximum absolute atomic E-state index is 12.4. The van der Waals surface area contributed by atoms with E-state index in [1.54, 1.807) is 11.8 Å². The molecule has 0 unspecified atom stereocenters. The van der Waals surface area contributed by atoms with Crippen LogP contribution in [0.3, 0.4) is 0 Å². The van der Waals surface area contributed by atoms with Crippen LogP contribution in [0.25, 0.3) is 10.9 Å². The molecule has 1 amide bonds. The zero-order valence-electron chi connectivity index (χ0n) is 17.6. The van der Waals surface area contributed by atoms with Crippen LogP contribution in [0.5, 0.6) is 0 Å². The maximum atomic E-state index is 12.4. The fourth-order valence-corrected chi connectivity index (χ4v) is 4.89. The molecule has 6 heteroatoms. The molecule has 1 saturated heterocycles. The van der Waals surface area contributed by atoms with E-state index in [4.69, 9.17) is 0 Å². The van der Waals surface area contributed by atoms with Gasteiger partial charge in [0.2, 0.25) is 5.91 Å². The second-order valence-electron chi connectivity index (χ2n) is 8.02. The molecular formula is C24H30N4OS. The van der Waals surface area contributed by atoms with Crippen molar-refractivity contribution in [3.05, 3.63) is 59.9 Å². The third kappa shape index (κ3) is 5.43. The molecule has 1 aliphatic rings. The smallest absolute Gasteiger partial charge is 0.239 e. The monoisotopic (exact) mass is 422 g/mol. The number of aryl methyl sites for hydroxylation is 1. The largest absolute Gasteiger partial charge is 0.355 e. The molecule has 0 atom stereocenters. The van der Waals surface area contributed by atoms with E-state index in [-0.39, 0.29) is 5.91 Å². The van der Waals surface area contributed by atoms with Gasteiger partial charge in [0.15, 0.2) is 0 Å². The van der Waals surface area contributed by atoms with Crippen molar-refractivity contribution in [3.63, 3.8) is 0 Å². The molecule has 158 valence electrons. The predicted octanol–water partition coefficient (Wildman–Crippen LogP) is 4.24. The van der Waals surface area contributed by atoms with Gasteiger partial charge in [-0.15, -0.1) is 11.8 Å². The summed E-state index contributed by atoms with van der Waals surface area (Å²) in [5.74, 6) is 0.953. The summed E-state index contributed by atoms with van der Waals surface area (Å²) in [6.45, 7) is 6.70. The van der Waals surface area contributed by atoms with E-state index in [0.29, 0.717) is 6.54 Å². The normalized spacial score (nSPS) is 14.4. The van der Waals surface area contributed by atoms with Crippen LogP contribution in [0.4, 0.5) is 0 Å². The Morgan fingerprint density at radius 2 is 1.93 bits per heavy atom. The highest BCUT2D eigenvalue weighted by atomic mass is 32.2. The number of thioether (sulfide) groups is 1. The SMILES string of the molecule is Cc1ccc(CSc2nccc3c2ccn3CC(=O)NCCCN2CCCC2)cc1. The number of aromatic nitrogens is 2. The Hall–Kier alpha value is -2.31. The summed E-state index contributed by atoms with van der Waals surface area (Å²) in [6.07, 6.45) is 7.47. The van der Waals surface area contributed by atoms with E-state index in [0.717, 1.165) is 41.2 Å². The fraction of sp³-hybridized carbons (Fsp3) is 0.417. The summed E-state index contributed by atoms with van der Waals surface area (Å²) < 4.78 is 2.02. The number of fused-ring (bicyclic) bond motifs is 1. The van der Waals surface area contributed by atoms with Crippen molar-refractivity contribution in [2.75, 3.05) is 26.2 Å². The Balaban J connectivity index is 1.31. The molecule has 5 nitrogen and oxygen atoms in total. The Morgan fingerprint density at radius 1 is 1.13 bits per heavy atom. The molecule has 3 aromatic rings. The summed E-state index contributed by atoms with van der Waals surface area (Å²) in [5, 5.41) is 5.19. The van der Waals surface area contributed by atoms with Gasteiger partial charge in [0.1, 0.15) is 11.6 Å². The lowest BCUT2D eigenvalue weighted by molar-refractivity contribution is -0.121. The van der Waals surface area contributed by atoms with Crippen molar-refractivity contribution < 1.29 is 4.79 Å². The van der Waals surface area contributed by atoms with Crippen molar-refractivity contribution in [2.45, 2.75) is 43.5 Å². The zero-order chi connectivity index (χ0) is 20.8. The van der Waals surface area contributed by atoms with Crippen LogP contribution in [-0.4, -0.2) is 46.5 Å². The lowest BCUT2D eigenvalue weighted by atomic mass is 10.2. The second-order valence-corrected chi connectivity index (χ2v) is 8.98. The minimum atomic E-state index is 0.0691. The highest BCUT2D eigenvalue weighted by Gasteiger charge is 2.12. The minimum Gasteiger partial charge on any atom is -0.355 e. The molecule has 30 heavy (non-hydrogen) atoms. The van der Waals surface area contributed by atoms with Crippen molar-refractivity contribution in [1.29, 1.82) is 0 Å². The van der Waals surface area contributed by atoms with E-state index >= 15 is 0 Å². The Bertz CT molecular complexity index is 977. The first-order chi connectivity index (χ1) is 14.7. The van der Waals surface area contributed by atoms with Gasteiger partial charge in [-0.25, -0.2) is 4.98 Å². The van der Waals surface area contributed by atoms with Crippen LogP contribution in [0.15, 0.2) is 53.8 Å². The number of carbonyl (C=O) groups is 1. The van der Waals surface area contributed by atoms with Gasteiger partial charge in [-0.2, -0.15) is 0 Å². The number of likely N-dealkylation sites (tertiary alicyclic amines) is 1. The van der Waals surface area contributed by atoms with E-state index < -0.39 is 0 Å². The molecule has 1 aromatic carbocycles. The van der Waals surface area contributed by atoms with Gasteiger partial charge in [-0.1, -0.05) is 29.8 Å². The van der Waals surface area contributed by atoms with Crippen LogP contribution in [0, 0.1) is 6.92 Å². The van der Waals surface area contributed by atoms with E-state index in [1.807, 2.05) is 23.0 Å². The topological polar surface area (TPSA) is 50.2 Å². The average Bonchev–Trinajstić information content (AvgIpc) is 3.41. The molecule has 0 saturated carbocycles. The van der Waals surface area contributed by atoms with Gasteiger partial charge in [0.05, 0.1) is 5.52 Å². The number of hydrogen-bond donors (Lipinski definition) is 1. The standard InChI is InChI=1S/C24H30N4OS/c1-19-5-7-20(8-6-19)18-30-24-21-10-16-28(22(21)9-12-26-24)17-23(29)25-11-4-15-27-13-2-3-14-27/h5-10,12,16H,2-4,11,13-15,17-18H2,1H3,(H,25,29). The van der Waals surface area contributed by atoms with E-state index in [1.165, 1.54) is 37.1 Å². The quantitative estimate of drug-likeness (QED) is 0.414. The highest BCUT2D eigenvalue weighted by Crippen LogP contribution is 2.29. The summed E-state index contributed by atoms with van der Waals surface area (Å²) in [5.41, 5.74) is 3.62.